The highest BCUT2D eigenvalue weighted by molar-refractivity contribution is 7.15. The van der Waals surface area contributed by atoms with Crippen LogP contribution in [0.2, 0.25) is 0 Å². The molecule has 0 amide bonds. The molecule has 0 aliphatic carbocycles. The maximum atomic E-state index is 15.3. The number of fused-ring (bicyclic) bond motifs is 2. The van der Waals surface area contributed by atoms with E-state index in [4.69, 9.17) is 9.84 Å². The molecule has 6 rings (SSSR count). The lowest BCUT2D eigenvalue weighted by molar-refractivity contribution is 0.312. The predicted octanol–water partition coefficient (Wildman–Crippen LogP) is 4.36. The molecular formula is C27H27FN6O2S. The Hall–Kier alpha value is -3.76. The van der Waals surface area contributed by atoms with Crippen molar-refractivity contribution in [3.8, 4) is 28.4 Å². The van der Waals surface area contributed by atoms with Gasteiger partial charge in [0.05, 0.1) is 29.6 Å². The molecule has 1 aliphatic rings. The number of piperazine rings is 1. The van der Waals surface area contributed by atoms with Crippen LogP contribution >= 0.6 is 11.3 Å². The van der Waals surface area contributed by atoms with Crippen LogP contribution in [-0.2, 0) is 6.54 Å². The lowest BCUT2D eigenvalue weighted by atomic mass is 10.1. The molecule has 0 spiro atoms. The normalized spacial score (nSPS) is 14.6. The van der Waals surface area contributed by atoms with Crippen molar-refractivity contribution >= 4 is 32.9 Å². The number of likely N-dealkylation sites (N-methyl/N-ethyl adjacent to an activating group) is 1. The first-order valence-electron chi connectivity index (χ1n) is 12.3. The third-order valence-electron chi connectivity index (χ3n) is 7.04. The largest absolute Gasteiger partial charge is 0.496 e. The third kappa shape index (κ3) is 3.96. The highest BCUT2D eigenvalue weighted by Crippen LogP contribution is 2.33. The van der Waals surface area contributed by atoms with Gasteiger partial charge in [-0.25, -0.2) is 8.91 Å². The van der Waals surface area contributed by atoms with Gasteiger partial charge in [0.1, 0.15) is 11.6 Å². The number of nitrogens with zero attached hydrogens (tertiary/aromatic N) is 6. The molecule has 8 nitrogen and oxygen atoms in total. The van der Waals surface area contributed by atoms with Crippen LogP contribution in [0.3, 0.4) is 0 Å². The van der Waals surface area contributed by atoms with E-state index in [0.29, 0.717) is 39.5 Å². The molecule has 1 aliphatic heterocycles. The van der Waals surface area contributed by atoms with Crippen molar-refractivity contribution < 1.29 is 9.13 Å². The highest BCUT2D eigenvalue weighted by atomic mass is 32.1. The summed E-state index contributed by atoms with van der Waals surface area (Å²) in [4.78, 5) is 23.2. The number of anilines is 1. The number of benzene rings is 2. The van der Waals surface area contributed by atoms with Crippen LogP contribution in [0.15, 0.2) is 52.8 Å². The van der Waals surface area contributed by atoms with Crippen molar-refractivity contribution in [1.29, 1.82) is 0 Å². The summed E-state index contributed by atoms with van der Waals surface area (Å²) in [6, 6.07) is 10.9. The number of methoxy groups -OCH3 is 1. The Labute approximate surface area is 217 Å². The molecule has 3 aromatic heterocycles. The van der Waals surface area contributed by atoms with E-state index >= 15 is 4.39 Å². The number of para-hydroxylation sites is 1. The number of thiazole rings is 1. The lowest BCUT2D eigenvalue weighted by Gasteiger charge is -2.34. The minimum atomic E-state index is -0.383. The molecule has 0 bridgehead atoms. The number of aromatic nitrogens is 4. The smallest absolute Gasteiger partial charge is 0.213 e. The van der Waals surface area contributed by atoms with Crippen LogP contribution in [0.25, 0.3) is 38.5 Å². The van der Waals surface area contributed by atoms with E-state index in [1.807, 2.05) is 47.2 Å². The van der Waals surface area contributed by atoms with Gasteiger partial charge in [0, 0.05) is 55.3 Å². The zero-order chi connectivity index (χ0) is 25.7. The maximum Gasteiger partial charge on any atom is 0.213 e. The fourth-order valence-corrected chi connectivity index (χ4v) is 5.77. The summed E-state index contributed by atoms with van der Waals surface area (Å²) in [7, 11) is 3.70. The van der Waals surface area contributed by atoms with Gasteiger partial charge in [-0.05, 0) is 38.2 Å². The Morgan fingerprint density at radius 3 is 2.65 bits per heavy atom. The second-order valence-corrected chi connectivity index (χ2v) is 10.1. The number of ether oxygens (including phenoxy) is 1. The third-order valence-corrected chi connectivity index (χ3v) is 7.86. The zero-order valence-corrected chi connectivity index (χ0v) is 21.8. The summed E-state index contributed by atoms with van der Waals surface area (Å²) < 4.78 is 24.6. The summed E-state index contributed by atoms with van der Waals surface area (Å²) in [6.45, 7) is 5.86. The molecule has 1 fully saturated rings. The van der Waals surface area contributed by atoms with Crippen LogP contribution in [0.4, 0.5) is 10.1 Å². The standard InChI is InChI=1S/C27H27FN6O2S/c1-4-32-15-19(25(35)18-13-20(28)22(14-21(18)32)33-11-9-31(2)10-12-33)26-29-27-34(30-26)23(16-37-27)17-7-5-6-8-24(17)36-3/h5-8,13-16H,4,9-12H2,1-3H3. The molecule has 0 unspecified atom stereocenters. The van der Waals surface area contributed by atoms with Crippen LogP contribution < -0.4 is 15.1 Å². The van der Waals surface area contributed by atoms with E-state index in [9.17, 15) is 4.79 Å². The van der Waals surface area contributed by atoms with Crippen molar-refractivity contribution in [2.24, 2.45) is 0 Å². The Bertz CT molecular complexity index is 1680. The van der Waals surface area contributed by atoms with Crippen LogP contribution in [0, 0.1) is 5.82 Å². The van der Waals surface area contributed by atoms with Gasteiger partial charge in [0.2, 0.25) is 10.4 Å². The molecule has 0 radical (unpaired) electrons. The minimum Gasteiger partial charge on any atom is -0.496 e. The van der Waals surface area contributed by atoms with Crippen LogP contribution in [0.1, 0.15) is 6.92 Å². The van der Waals surface area contributed by atoms with Gasteiger partial charge in [0.25, 0.3) is 0 Å². The monoisotopic (exact) mass is 518 g/mol. The summed E-state index contributed by atoms with van der Waals surface area (Å²) in [5, 5.41) is 7.00. The molecule has 0 saturated carbocycles. The highest BCUT2D eigenvalue weighted by Gasteiger charge is 2.22. The Kier molecular flexibility index (Phi) is 5.92. The van der Waals surface area contributed by atoms with E-state index in [-0.39, 0.29) is 11.2 Å². The van der Waals surface area contributed by atoms with Gasteiger partial charge in [-0.3, -0.25) is 4.79 Å². The first-order chi connectivity index (χ1) is 18.0. The molecule has 190 valence electrons. The Morgan fingerprint density at radius 1 is 1.11 bits per heavy atom. The Balaban J connectivity index is 1.47. The van der Waals surface area contributed by atoms with Gasteiger partial charge in [-0.2, -0.15) is 4.98 Å². The van der Waals surface area contributed by atoms with E-state index in [1.54, 1.807) is 17.8 Å². The summed E-state index contributed by atoms with van der Waals surface area (Å²) in [6.07, 6.45) is 1.79. The lowest BCUT2D eigenvalue weighted by Crippen LogP contribution is -2.44. The van der Waals surface area contributed by atoms with Gasteiger partial charge in [-0.1, -0.05) is 12.1 Å². The van der Waals surface area contributed by atoms with Crippen molar-refractivity contribution in [1.82, 2.24) is 24.1 Å². The zero-order valence-electron chi connectivity index (χ0n) is 20.9. The molecule has 2 aromatic carbocycles. The van der Waals surface area contributed by atoms with Gasteiger partial charge in [0.15, 0.2) is 5.82 Å². The number of aryl methyl sites for hydroxylation is 1. The SMILES string of the molecule is CCn1cc(-c2nc3scc(-c4ccccc4OC)n3n2)c(=O)c2cc(F)c(N3CCN(C)CC3)cc21. The number of hydrogen-bond donors (Lipinski definition) is 0. The van der Waals surface area contributed by atoms with Gasteiger partial charge < -0.3 is 19.1 Å². The number of hydrogen-bond acceptors (Lipinski definition) is 7. The fourth-order valence-electron chi connectivity index (χ4n) is 4.95. The first kappa shape index (κ1) is 23.6. The number of rotatable bonds is 5. The molecule has 10 heteroatoms. The van der Waals surface area contributed by atoms with Crippen molar-refractivity contribution in [3.05, 3.63) is 64.0 Å². The first-order valence-corrected chi connectivity index (χ1v) is 13.1. The van der Waals surface area contributed by atoms with Gasteiger partial charge in [-0.15, -0.1) is 16.4 Å². The van der Waals surface area contributed by atoms with E-state index in [2.05, 4.69) is 21.8 Å². The maximum absolute atomic E-state index is 15.3. The topological polar surface area (TPSA) is 67.9 Å². The molecule has 0 atom stereocenters. The molecular weight excluding hydrogens is 491 g/mol. The predicted molar refractivity (Wildman–Crippen MR) is 145 cm³/mol. The fraction of sp³-hybridized carbons (Fsp3) is 0.296. The molecule has 0 N–H and O–H groups in total. The second kappa shape index (κ2) is 9.28. The van der Waals surface area contributed by atoms with Crippen LogP contribution in [-0.4, -0.2) is 64.4 Å². The van der Waals surface area contributed by atoms with E-state index in [0.717, 1.165) is 43.2 Å². The van der Waals surface area contributed by atoms with Crippen molar-refractivity contribution in [2.75, 3.05) is 45.2 Å². The van der Waals surface area contributed by atoms with Crippen molar-refractivity contribution in [2.45, 2.75) is 13.5 Å². The summed E-state index contributed by atoms with van der Waals surface area (Å²) in [5.41, 5.74) is 3.04. The number of pyridine rings is 1. The molecule has 37 heavy (non-hydrogen) atoms. The minimum absolute atomic E-state index is 0.277. The average molecular weight is 519 g/mol. The number of halogens is 1. The second-order valence-electron chi connectivity index (χ2n) is 9.22. The van der Waals surface area contributed by atoms with E-state index < -0.39 is 0 Å². The van der Waals surface area contributed by atoms with E-state index in [1.165, 1.54) is 17.4 Å². The molecule has 4 heterocycles. The van der Waals surface area contributed by atoms with Crippen LogP contribution in [0.5, 0.6) is 5.75 Å². The Morgan fingerprint density at radius 2 is 1.89 bits per heavy atom. The molecule has 5 aromatic rings. The molecule has 1 saturated heterocycles. The van der Waals surface area contributed by atoms with Gasteiger partial charge >= 0.3 is 0 Å². The summed E-state index contributed by atoms with van der Waals surface area (Å²) >= 11 is 1.44. The quantitative estimate of drug-likeness (QED) is 0.345. The summed E-state index contributed by atoms with van der Waals surface area (Å²) in [5.74, 6) is 0.664. The van der Waals surface area contributed by atoms with Crippen molar-refractivity contribution in [3.63, 3.8) is 0 Å². The average Bonchev–Trinajstić information content (AvgIpc) is 3.51.